The van der Waals surface area contributed by atoms with Crippen LogP contribution in [0.3, 0.4) is 0 Å². The van der Waals surface area contributed by atoms with Crippen LogP contribution in [0.15, 0.2) is 23.4 Å². The minimum absolute atomic E-state index is 0.185. The zero-order chi connectivity index (χ0) is 13.8. The topological polar surface area (TPSA) is 76.2 Å². The molecule has 18 heavy (non-hydrogen) atoms. The van der Waals surface area contributed by atoms with Crippen LogP contribution in [0.5, 0.6) is 0 Å². The van der Waals surface area contributed by atoms with Crippen LogP contribution in [0.1, 0.15) is 12.0 Å². The Morgan fingerprint density at radius 1 is 1.50 bits per heavy atom. The lowest BCUT2D eigenvalue weighted by Gasteiger charge is -2.11. The van der Waals surface area contributed by atoms with Gasteiger partial charge in [0.2, 0.25) is 0 Å². The van der Waals surface area contributed by atoms with Crippen molar-refractivity contribution in [1.29, 1.82) is 0 Å². The molecule has 1 rings (SSSR count). The lowest BCUT2D eigenvalue weighted by atomic mass is 10.3. The fraction of sp³-hybridized carbons (Fsp3) is 0.400. The molecule has 0 amide bonds. The van der Waals surface area contributed by atoms with Crippen LogP contribution in [0, 0.1) is 0 Å². The van der Waals surface area contributed by atoms with Gasteiger partial charge in [0.15, 0.2) is 0 Å². The Kier molecular flexibility index (Phi) is 4.97. The number of halogens is 3. The van der Waals surface area contributed by atoms with Gasteiger partial charge in [0, 0.05) is 6.20 Å². The lowest BCUT2D eigenvalue weighted by molar-refractivity contribution is -0.138. The molecule has 100 valence electrons. The number of carboxylic acids is 1. The largest absolute Gasteiger partial charge is 0.480 e. The molecule has 1 aromatic heterocycles. The maximum Gasteiger partial charge on any atom is 0.417 e. The fourth-order valence-electron chi connectivity index (χ4n) is 1.15. The van der Waals surface area contributed by atoms with E-state index in [1.165, 1.54) is 0 Å². The second kappa shape index (κ2) is 6.05. The van der Waals surface area contributed by atoms with E-state index in [4.69, 9.17) is 10.8 Å². The smallest absolute Gasteiger partial charge is 0.417 e. The van der Waals surface area contributed by atoms with Gasteiger partial charge in [-0.25, -0.2) is 4.98 Å². The number of rotatable bonds is 5. The van der Waals surface area contributed by atoms with Crippen LogP contribution in [0.2, 0.25) is 0 Å². The molecule has 0 spiro atoms. The monoisotopic (exact) mass is 280 g/mol. The van der Waals surface area contributed by atoms with Gasteiger partial charge >= 0.3 is 12.1 Å². The number of thioether (sulfide) groups is 1. The molecule has 0 bridgehead atoms. The summed E-state index contributed by atoms with van der Waals surface area (Å²) in [7, 11) is 0. The highest BCUT2D eigenvalue weighted by atomic mass is 32.2. The second-order valence-electron chi connectivity index (χ2n) is 3.40. The van der Waals surface area contributed by atoms with Gasteiger partial charge in [0.25, 0.3) is 0 Å². The van der Waals surface area contributed by atoms with Crippen LogP contribution in [-0.4, -0.2) is 27.9 Å². The van der Waals surface area contributed by atoms with Crippen LogP contribution >= 0.6 is 11.8 Å². The maximum absolute atomic E-state index is 12.3. The van der Waals surface area contributed by atoms with Gasteiger partial charge in [-0.3, -0.25) is 4.79 Å². The predicted molar refractivity (Wildman–Crippen MR) is 60.2 cm³/mol. The summed E-state index contributed by atoms with van der Waals surface area (Å²) in [4.78, 5) is 14.4. The molecule has 3 N–H and O–H groups in total. The molecule has 1 aromatic rings. The summed E-state index contributed by atoms with van der Waals surface area (Å²) in [5.41, 5.74) is 4.39. The summed E-state index contributed by atoms with van der Waals surface area (Å²) in [6, 6.07) is 2.02. The Bertz CT molecular complexity index is 409. The summed E-state index contributed by atoms with van der Waals surface area (Å²) in [6.07, 6.45) is -3.54. The van der Waals surface area contributed by atoms with E-state index in [0.717, 1.165) is 23.9 Å². The zero-order valence-corrected chi connectivity index (χ0v) is 9.96. The molecule has 0 aliphatic heterocycles. The highest BCUT2D eigenvalue weighted by molar-refractivity contribution is 8.00. The average molecular weight is 280 g/mol. The van der Waals surface area contributed by atoms with Crippen molar-refractivity contribution < 1.29 is 23.1 Å². The van der Waals surface area contributed by atoms with Crippen molar-refractivity contribution in [1.82, 2.24) is 4.98 Å². The minimum Gasteiger partial charge on any atom is -0.480 e. The van der Waals surface area contributed by atoms with E-state index < -0.39 is 23.0 Å². The Labute approximate surface area is 105 Å². The Morgan fingerprint density at radius 3 is 2.56 bits per heavy atom. The number of hydrogen-bond acceptors (Lipinski definition) is 4. The van der Waals surface area contributed by atoms with E-state index in [1.54, 1.807) is 0 Å². The van der Waals surface area contributed by atoms with E-state index in [2.05, 4.69) is 4.98 Å². The van der Waals surface area contributed by atoms with Crippen molar-refractivity contribution >= 4 is 17.7 Å². The molecule has 4 nitrogen and oxygen atoms in total. The summed E-state index contributed by atoms with van der Waals surface area (Å²) in [6.45, 7) is 0.185. The number of alkyl halides is 3. The first-order valence-corrected chi connectivity index (χ1v) is 5.85. The van der Waals surface area contributed by atoms with E-state index in [-0.39, 0.29) is 18.0 Å². The fourth-order valence-corrected chi connectivity index (χ4v) is 2.05. The molecule has 0 saturated carbocycles. The Balaban J connectivity index is 2.76. The zero-order valence-electron chi connectivity index (χ0n) is 9.15. The summed E-state index contributed by atoms with van der Waals surface area (Å²) in [5.74, 6) is -1.06. The van der Waals surface area contributed by atoms with E-state index in [0.29, 0.717) is 6.20 Å². The van der Waals surface area contributed by atoms with Crippen molar-refractivity contribution in [2.45, 2.75) is 22.9 Å². The molecule has 0 fully saturated rings. The average Bonchev–Trinajstić information content (AvgIpc) is 2.28. The number of nitrogens with two attached hydrogens (primary N) is 1. The van der Waals surface area contributed by atoms with E-state index >= 15 is 0 Å². The van der Waals surface area contributed by atoms with Gasteiger partial charge in [0.05, 0.1) is 10.6 Å². The third-order valence-electron chi connectivity index (χ3n) is 2.03. The van der Waals surface area contributed by atoms with Gasteiger partial charge in [-0.2, -0.15) is 13.2 Å². The van der Waals surface area contributed by atoms with Crippen molar-refractivity contribution in [2.75, 3.05) is 6.54 Å². The van der Waals surface area contributed by atoms with Crippen LogP contribution < -0.4 is 5.73 Å². The van der Waals surface area contributed by atoms with Crippen molar-refractivity contribution in [3.05, 3.63) is 23.9 Å². The number of carboxylic acid groups (broad SMARTS) is 1. The molecule has 1 heterocycles. The SMILES string of the molecule is NCCC(Sc1ccc(C(F)(F)F)cn1)C(=O)O. The summed E-state index contributed by atoms with van der Waals surface area (Å²) in [5, 5.41) is 8.28. The van der Waals surface area contributed by atoms with Crippen LogP contribution in [0.25, 0.3) is 0 Å². The molecule has 8 heteroatoms. The molecule has 0 aliphatic rings. The predicted octanol–water partition coefficient (Wildman–Crippen LogP) is 1.99. The Morgan fingerprint density at radius 2 is 2.17 bits per heavy atom. The number of aliphatic carboxylic acids is 1. The molecule has 0 aromatic carbocycles. The molecular formula is C10H11F3N2O2S. The number of nitrogens with zero attached hydrogens (tertiary/aromatic N) is 1. The number of hydrogen-bond donors (Lipinski definition) is 2. The first-order valence-electron chi connectivity index (χ1n) is 4.97. The van der Waals surface area contributed by atoms with Crippen molar-refractivity contribution in [3.63, 3.8) is 0 Å². The first kappa shape index (κ1) is 14.8. The second-order valence-corrected chi connectivity index (χ2v) is 4.63. The van der Waals surface area contributed by atoms with Crippen LogP contribution in [0.4, 0.5) is 13.2 Å². The van der Waals surface area contributed by atoms with Gasteiger partial charge in [-0.05, 0) is 25.1 Å². The lowest BCUT2D eigenvalue weighted by Crippen LogP contribution is -2.20. The quantitative estimate of drug-likeness (QED) is 0.807. The van der Waals surface area contributed by atoms with E-state index in [1.807, 2.05) is 0 Å². The standard InChI is InChI=1S/C10H11F3N2O2S/c11-10(12,13)6-1-2-8(15-5-6)18-7(3-4-14)9(16)17/h1-2,5,7H,3-4,14H2,(H,16,17). The van der Waals surface area contributed by atoms with Crippen molar-refractivity contribution in [2.24, 2.45) is 5.73 Å². The molecule has 0 aliphatic carbocycles. The van der Waals surface area contributed by atoms with Crippen molar-refractivity contribution in [3.8, 4) is 0 Å². The summed E-state index contributed by atoms with van der Waals surface area (Å²) < 4.78 is 36.8. The maximum atomic E-state index is 12.3. The number of pyridine rings is 1. The molecule has 1 atom stereocenters. The third-order valence-corrected chi connectivity index (χ3v) is 3.24. The van der Waals surface area contributed by atoms with E-state index in [9.17, 15) is 18.0 Å². The number of aromatic nitrogens is 1. The minimum atomic E-state index is -4.44. The molecular weight excluding hydrogens is 269 g/mol. The Hall–Kier alpha value is -1.28. The summed E-state index contributed by atoms with van der Waals surface area (Å²) >= 11 is 0.883. The third kappa shape index (κ3) is 4.19. The van der Waals surface area contributed by atoms with Gasteiger partial charge < -0.3 is 10.8 Å². The molecule has 0 radical (unpaired) electrons. The highest BCUT2D eigenvalue weighted by Gasteiger charge is 2.30. The highest BCUT2D eigenvalue weighted by Crippen LogP contribution is 2.30. The molecule has 1 unspecified atom stereocenters. The number of carbonyl (C=O) groups is 1. The van der Waals surface area contributed by atoms with Crippen LogP contribution in [-0.2, 0) is 11.0 Å². The van der Waals surface area contributed by atoms with Gasteiger partial charge in [-0.15, -0.1) is 0 Å². The molecule has 0 saturated heterocycles. The van der Waals surface area contributed by atoms with Gasteiger partial charge in [-0.1, -0.05) is 11.8 Å². The van der Waals surface area contributed by atoms with Gasteiger partial charge in [0.1, 0.15) is 5.25 Å². The normalized spacial score (nSPS) is 13.3. The first-order chi connectivity index (χ1) is 8.34.